The summed E-state index contributed by atoms with van der Waals surface area (Å²) < 4.78 is 0.979. The van der Waals surface area contributed by atoms with Gasteiger partial charge < -0.3 is 21.8 Å². The molecule has 0 saturated carbocycles. The molecule has 3 amide bonds. The van der Waals surface area contributed by atoms with E-state index < -0.39 is 11.8 Å². The molecule has 0 aliphatic rings. The first-order valence-corrected chi connectivity index (χ1v) is 10.1. The van der Waals surface area contributed by atoms with E-state index in [1.54, 1.807) is 6.20 Å². The number of carbonyl (C=O) groups excluding carboxylic acids is 3. The first-order chi connectivity index (χ1) is 13.8. The number of benzene rings is 2. The number of nitrogens with one attached hydrogen (secondary N) is 2. The van der Waals surface area contributed by atoms with Crippen LogP contribution in [-0.2, 0) is 4.79 Å². The number of amides is 3. The molecule has 29 heavy (non-hydrogen) atoms. The number of imidazole rings is 1. The maximum atomic E-state index is 12.3. The van der Waals surface area contributed by atoms with E-state index >= 15 is 0 Å². The van der Waals surface area contributed by atoms with Crippen molar-refractivity contribution in [2.24, 2.45) is 11.5 Å². The number of nitrogens with two attached hydrogens (primary N) is 2. The molecule has 0 unspecified atom stereocenters. The number of H-pyrrole nitrogens is 1. The zero-order valence-corrected chi connectivity index (χ0v) is 17.3. The van der Waals surface area contributed by atoms with Gasteiger partial charge in [0.15, 0.2) is 5.16 Å². The highest BCUT2D eigenvalue weighted by Crippen LogP contribution is 2.23. The number of primary amides is 2. The molecule has 0 bridgehead atoms. The van der Waals surface area contributed by atoms with Crippen molar-refractivity contribution in [1.29, 1.82) is 0 Å². The summed E-state index contributed by atoms with van der Waals surface area (Å²) in [4.78, 5) is 42.5. The monoisotopic (exact) mass is 473 g/mol. The number of aromatic amines is 1. The first-order valence-electron chi connectivity index (χ1n) is 8.30. The molecule has 0 radical (unpaired) electrons. The third-order valence-corrected chi connectivity index (χ3v) is 5.25. The molecular formula is C19H16BrN5O3S. The van der Waals surface area contributed by atoms with Gasteiger partial charge >= 0.3 is 0 Å². The Balaban J connectivity index is 1.64. The molecule has 0 spiro atoms. The van der Waals surface area contributed by atoms with Crippen molar-refractivity contribution in [2.75, 3.05) is 11.1 Å². The van der Waals surface area contributed by atoms with Gasteiger partial charge in [0.2, 0.25) is 17.7 Å². The van der Waals surface area contributed by atoms with Crippen LogP contribution in [-0.4, -0.2) is 33.4 Å². The van der Waals surface area contributed by atoms with E-state index in [9.17, 15) is 14.4 Å². The summed E-state index contributed by atoms with van der Waals surface area (Å²) >= 11 is 4.61. The highest BCUT2D eigenvalue weighted by molar-refractivity contribution is 9.10. The zero-order chi connectivity index (χ0) is 21.0. The Labute approximate surface area is 178 Å². The van der Waals surface area contributed by atoms with Crippen LogP contribution in [0.3, 0.4) is 0 Å². The number of nitrogens with zero attached hydrogens (tertiary/aromatic N) is 1. The molecule has 0 aliphatic carbocycles. The van der Waals surface area contributed by atoms with Gasteiger partial charge in [-0.1, -0.05) is 39.8 Å². The van der Waals surface area contributed by atoms with E-state index in [0.717, 1.165) is 15.7 Å². The van der Waals surface area contributed by atoms with E-state index in [1.807, 2.05) is 24.3 Å². The maximum absolute atomic E-state index is 12.3. The molecule has 10 heteroatoms. The second-order valence-corrected chi connectivity index (χ2v) is 7.85. The molecule has 0 fully saturated rings. The van der Waals surface area contributed by atoms with Crippen molar-refractivity contribution in [3.63, 3.8) is 0 Å². The number of halogens is 1. The van der Waals surface area contributed by atoms with Gasteiger partial charge in [-0.05, 0) is 35.9 Å². The predicted octanol–water partition coefficient (Wildman–Crippen LogP) is 2.77. The number of anilines is 1. The summed E-state index contributed by atoms with van der Waals surface area (Å²) in [6.45, 7) is 0. The van der Waals surface area contributed by atoms with E-state index in [0.29, 0.717) is 5.16 Å². The second-order valence-electron chi connectivity index (χ2n) is 5.97. The number of hydrogen-bond donors (Lipinski definition) is 4. The smallest absolute Gasteiger partial charge is 0.248 e. The third-order valence-electron chi connectivity index (χ3n) is 3.83. The van der Waals surface area contributed by atoms with E-state index in [-0.39, 0.29) is 28.5 Å². The summed E-state index contributed by atoms with van der Waals surface area (Å²) in [5, 5.41) is 3.21. The van der Waals surface area contributed by atoms with E-state index in [2.05, 4.69) is 31.2 Å². The maximum Gasteiger partial charge on any atom is 0.248 e. The summed E-state index contributed by atoms with van der Waals surface area (Å²) in [5.41, 5.74) is 12.7. The van der Waals surface area contributed by atoms with Crippen LogP contribution in [0.4, 0.5) is 5.69 Å². The first kappa shape index (κ1) is 20.6. The normalized spacial score (nSPS) is 10.5. The van der Waals surface area contributed by atoms with Gasteiger partial charge in [0.1, 0.15) is 0 Å². The average molecular weight is 474 g/mol. The minimum absolute atomic E-state index is 0.0694. The lowest BCUT2D eigenvalue weighted by Crippen LogP contribution is -2.19. The van der Waals surface area contributed by atoms with Crippen LogP contribution in [0, 0.1) is 0 Å². The van der Waals surface area contributed by atoms with Crippen LogP contribution in [0.25, 0.3) is 11.3 Å². The van der Waals surface area contributed by atoms with Crippen LogP contribution in [0.5, 0.6) is 0 Å². The number of rotatable bonds is 7. The van der Waals surface area contributed by atoms with E-state index in [4.69, 9.17) is 11.5 Å². The predicted molar refractivity (Wildman–Crippen MR) is 115 cm³/mol. The molecule has 8 nitrogen and oxygen atoms in total. The Hall–Kier alpha value is -3.11. The Kier molecular flexibility index (Phi) is 6.35. The third kappa shape index (κ3) is 5.46. The van der Waals surface area contributed by atoms with Crippen LogP contribution >= 0.6 is 27.7 Å². The van der Waals surface area contributed by atoms with Gasteiger partial charge in [-0.2, -0.15) is 0 Å². The minimum atomic E-state index is -0.728. The molecule has 0 atom stereocenters. The Morgan fingerprint density at radius 2 is 1.66 bits per heavy atom. The highest BCUT2D eigenvalue weighted by Gasteiger charge is 2.12. The van der Waals surface area contributed by atoms with Gasteiger partial charge in [0.05, 0.1) is 17.6 Å². The van der Waals surface area contributed by atoms with Gasteiger partial charge in [-0.25, -0.2) is 4.98 Å². The summed E-state index contributed by atoms with van der Waals surface area (Å²) in [7, 11) is 0. The summed E-state index contributed by atoms with van der Waals surface area (Å²) in [6, 6.07) is 11.8. The number of hydrogen-bond acceptors (Lipinski definition) is 5. The average Bonchev–Trinajstić information content (AvgIpc) is 3.15. The van der Waals surface area contributed by atoms with Crippen LogP contribution < -0.4 is 16.8 Å². The zero-order valence-electron chi connectivity index (χ0n) is 14.9. The quantitative estimate of drug-likeness (QED) is 0.390. The number of aromatic nitrogens is 2. The van der Waals surface area contributed by atoms with Crippen LogP contribution in [0.2, 0.25) is 0 Å². The van der Waals surface area contributed by atoms with Crippen molar-refractivity contribution < 1.29 is 14.4 Å². The lowest BCUT2D eigenvalue weighted by molar-refractivity contribution is -0.113. The summed E-state index contributed by atoms with van der Waals surface area (Å²) in [5.74, 6) is -1.73. The van der Waals surface area contributed by atoms with Crippen LogP contribution in [0.1, 0.15) is 20.7 Å². The molecule has 0 saturated heterocycles. The molecule has 148 valence electrons. The fourth-order valence-corrected chi connectivity index (χ4v) is 3.38. The lowest BCUT2D eigenvalue weighted by atomic mass is 10.1. The molecule has 3 rings (SSSR count). The van der Waals surface area contributed by atoms with Crippen molar-refractivity contribution in [2.45, 2.75) is 5.16 Å². The number of thioether (sulfide) groups is 1. The largest absolute Gasteiger partial charge is 0.366 e. The van der Waals surface area contributed by atoms with Crippen molar-refractivity contribution >= 4 is 51.1 Å². The fourth-order valence-electron chi connectivity index (χ4n) is 2.47. The minimum Gasteiger partial charge on any atom is -0.366 e. The molecule has 1 aromatic heterocycles. The topological polar surface area (TPSA) is 144 Å². The van der Waals surface area contributed by atoms with Crippen molar-refractivity contribution in [3.8, 4) is 11.3 Å². The Bertz CT molecular complexity index is 1050. The molecular weight excluding hydrogens is 458 g/mol. The second kappa shape index (κ2) is 8.93. The molecule has 6 N–H and O–H groups in total. The molecule has 2 aromatic carbocycles. The SMILES string of the molecule is NC(=O)c1cc(NC(=O)CSc2ncc(-c3ccc(Br)cc3)[nH]2)cc(C(N)=O)c1. The summed E-state index contributed by atoms with van der Waals surface area (Å²) in [6.07, 6.45) is 1.69. The molecule has 0 aliphatic heterocycles. The Morgan fingerprint density at radius 1 is 1.03 bits per heavy atom. The van der Waals surface area contributed by atoms with Gasteiger partial charge in [0, 0.05) is 21.3 Å². The van der Waals surface area contributed by atoms with Gasteiger partial charge in [0.25, 0.3) is 0 Å². The molecule has 1 heterocycles. The Morgan fingerprint density at radius 3 is 2.24 bits per heavy atom. The van der Waals surface area contributed by atoms with Crippen molar-refractivity contribution in [1.82, 2.24) is 9.97 Å². The highest BCUT2D eigenvalue weighted by atomic mass is 79.9. The van der Waals surface area contributed by atoms with E-state index in [1.165, 1.54) is 30.0 Å². The van der Waals surface area contributed by atoms with Gasteiger partial charge in [-0.3, -0.25) is 14.4 Å². The number of carbonyl (C=O) groups is 3. The van der Waals surface area contributed by atoms with Crippen LogP contribution in [0.15, 0.2) is 58.3 Å². The van der Waals surface area contributed by atoms with Gasteiger partial charge in [-0.15, -0.1) is 0 Å². The fraction of sp³-hybridized carbons (Fsp3) is 0.0526. The van der Waals surface area contributed by atoms with Crippen molar-refractivity contribution in [3.05, 3.63) is 64.3 Å². The standard InChI is InChI=1S/C19H16BrN5O3S/c20-13-3-1-10(2-4-13)15-8-23-19(25-15)29-9-16(26)24-14-6-11(17(21)27)5-12(7-14)18(22)28/h1-8H,9H2,(H2,21,27)(H2,22,28)(H,23,25)(H,24,26). The molecule has 3 aromatic rings. The lowest BCUT2D eigenvalue weighted by Gasteiger charge is -2.08.